The lowest BCUT2D eigenvalue weighted by Gasteiger charge is -2.16. The average Bonchev–Trinajstić information content (AvgIpc) is 3.18. The summed E-state index contributed by atoms with van der Waals surface area (Å²) < 4.78 is 18.6. The van der Waals surface area contributed by atoms with Gasteiger partial charge in [0.2, 0.25) is 5.88 Å². The van der Waals surface area contributed by atoms with Crippen molar-refractivity contribution in [1.82, 2.24) is 4.57 Å². The number of hydrogen-bond donors (Lipinski definition) is 1. The van der Waals surface area contributed by atoms with Crippen LogP contribution in [0.25, 0.3) is 0 Å². The largest absolute Gasteiger partial charge is 0.497 e. The predicted octanol–water partition coefficient (Wildman–Crippen LogP) is 2.92. The lowest BCUT2D eigenvalue weighted by Crippen LogP contribution is -2.16. The fourth-order valence-electron chi connectivity index (χ4n) is 2.71. The van der Waals surface area contributed by atoms with Crippen molar-refractivity contribution in [2.75, 3.05) is 19.5 Å². The van der Waals surface area contributed by atoms with Gasteiger partial charge < -0.3 is 19.9 Å². The Kier molecular flexibility index (Phi) is 4.40. The van der Waals surface area contributed by atoms with Crippen molar-refractivity contribution in [2.24, 2.45) is 0 Å². The molecule has 0 radical (unpaired) electrons. The summed E-state index contributed by atoms with van der Waals surface area (Å²) in [6, 6.07) is 11.1. The smallest absolute Gasteiger partial charge is 0.224 e. The highest BCUT2D eigenvalue weighted by Gasteiger charge is 2.22. The molecule has 1 aliphatic rings. The van der Waals surface area contributed by atoms with Gasteiger partial charge in [-0.2, -0.15) is 5.26 Å². The Morgan fingerprint density at radius 3 is 2.91 bits per heavy atom. The van der Waals surface area contributed by atoms with Gasteiger partial charge in [0, 0.05) is 18.7 Å². The zero-order valence-corrected chi connectivity index (χ0v) is 13.0. The molecule has 0 spiro atoms. The van der Waals surface area contributed by atoms with Crippen LogP contribution < -0.4 is 15.2 Å². The minimum atomic E-state index is 0.0848. The number of hydrogen-bond acceptors (Lipinski definition) is 5. The second-order valence-corrected chi connectivity index (χ2v) is 5.43. The van der Waals surface area contributed by atoms with Gasteiger partial charge in [-0.05, 0) is 25.0 Å². The Labute approximate surface area is 135 Å². The summed E-state index contributed by atoms with van der Waals surface area (Å²) in [6.07, 6.45) is 2.10. The number of nitrogens with two attached hydrogens (primary N) is 1. The number of aromatic nitrogens is 1. The highest BCUT2D eigenvalue weighted by atomic mass is 16.5. The third-order valence-electron chi connectivity index (χ3n) is 3.86. The van der Waals surface area contributed by atoms with Crippen LogP contribution in [0.5, 0.6) is 17.4 Å². The summed E-state index contributed by atoms with van der Waals surface area (Å²) in [5, 5.41) is 9.34. The molecule has 1 aromatic carbocycles. The van der Waals surface area contributed by atoms with Crippen LogP contribution in [0.4, 0.5) is 5.69 Å². The maximum Gasteiger partial charge on any atom is 0.224 e. The fraction of sp³-hybridized carbons (Fsp3) is 0.353. The molecule has 0 bridgehead atoms. The SMILES string of the molecule is COc1cccc(Oc2c(N)cc(C#N)n2CC2CCCO2)c1. The van der Waals surface area contributed by atoms with E-state index < -0.39 is 0 Å². The minimum Gasteiger partial charge on any atom is -0.497 e. The number of rotatable bonds is 5. The van der Waals surface area contributed by atoms with Crippen LogP contribution in [0.15, 0.2) is 30.3 Å². The summed E-state index contributed by atoms with van der Waals surface area (Å²) in [5.41, 5.74) is 6.94. The molecule has 120 valence electrons. The van der Waals surface area contributed by atoms with Gasteiger partial charge in [-0.25, -0.2) is 0 Å². The maximum atomic E-state index is 9.34. The molecule has 1 aliphatic heterocycles. The summed E-state index contributed by atoms with van der Waals surface area (Å²) in [4.78, 5) is 0. The van der Waals surface area contributed by atoms with Crippen LogP contribution in [-0.4, -0.2) is 24.4 Å². The molecule has 1 unspecified atom stereocenters. The highest BCUT2D eigenvalue weighted by molar-refractivity contribution is 5.56. The minimum absolute atomic E-state index is 0.0848. The number of nitrogens with zero attached hydrogens (tertiary/aromatic N) is 2. The zero-order valence-electron chi connectivity index (χ0n) is 13.0. The number of methoxy groups -OCH3 is 1. The Hall–Kier alpha value is -2.65. The molecule has 6 nitrogen and oxygen atoms in total. The normalized spacial score (nSPS) is 17.0. The summed E-state index contributed by atoms with van der Waals surface area (Å²) in [6.45, 7) is 1.31. The fourth-order valence-corrected chi connectivity index (χ4v) is 2.71. The molecule has 1 aromatic heterocycles. The molecule has 1 fully saturated rings. The number of nitriles is 1. The van der Waals surface area contributed by atoms with Crippen LogP contribution in [-0.2, 0) is 11.3 Å². The number of anilines is 1. The number of ether oxygens (including phenoxy) is 3. The van der Waals surface area contributed by atoms with Crippen LogP contribution in [0.2, 0.25) is 0 Å². The topological polar surface area (TPSA) is 82.4 Å². The van der Waals surface area contributed by atoms with Crippen molar-refractivity contribution in [3.05, 3.63) is 36.0 Å². The first-order chi connectivity index (χ1) is 11.2. The average molecular weight is 313 g/mol. The van der Waals surface area contributed by atoms with E-state index in [1.165, 1.54) is 0 Å². The van der Waals surface area contributed by atoms with Crippen molar-refractivity contribution in [3.63, 3.8) is 0 Å². The van der Waals surface area contributed by atoms with Crippen LogP contribution in [0.3, 0.4) is 0 Å². The predicted molar refractivity (Wildman–Crippen MR) is 85.6 cm³/mol. The molecule has 6 heteroatoms. The van der Waals surface area contributed by atoms with E-state index in [4.69, 9.17) is 19.9 Å². The van der Waals surface area contributed by atoms with Crippen molar-refractivity contribution in [1.29, 1.82) is 5.26 Å². The Balaban J connectivity index is 1.90. The molecule has 1 atom stereocenters. The molecule has 0 amide bonds. The molecule has 0 aliphatic carbocycles. The van der Waals surface area contributed by atoms with E-state index in [1.807, 2.05) is 18.2 Å². The molecule has 1 saturated heterocycles. The van der Waals surface area contributed by atoms with Crippen LogP contribution in [0.1, 0.15) is 18.5 Å². The number of nitrogen functional groups attached to an aromatic ring is 1. The van der Waals surface area contributed by atoms with Gasteiger partial charge in [-0.15, -0.1) is 0 Å². The third kappa shape index (κ3) is 3.25. The molecule has 0 saturated carbocycles. The summed E-state index contributed by atoms with van der Waals surface area (Å²) in [5.74, 6) is 1.76. The lowest BCUT2D eigenvalue weighted by atomic mass is 10.2. The van der Waals surface area contributed by atoms with Crippen molar-refractivity contribution < 1.29 is 14.2 Å². The van der Waals surface area contributed by atoms with Crippen molar-refractivity contribution >= 4 is 5.69 Å². The van der Waals surface area contributed by atoms with Gasteiger partial charge in [0.05, 0.1) is 25.4 Å². The summed E-state index contributed by atoms with van der Waals surface area (Å²) >= 11 is 0. The van der Waals surface area contributed by atoms with Gasteiger partial charge >= 0.3 is 0 Å². The molecular formula is C17H19N3O3. The Morgan fingerprint density at radius 1 is 1.39 bits per heavy atom. The first kappa shape index (κ1) is 15.3. The maximum absolute atomic E-state index is 9.34. The molecular weight excluding hydrogens is 294 g/mol. The quantitative estimate of drug-likeness (QED) is 0.917. The van der Waals surface area contributed by atoms with E-state index in [-0.39, 0.29) is 6.10 Å². The van der Waals surface area contributed by atoms with E-state index in [1.54, 1.807) is 23.8 Å². The van der Waals surface area contributed by atoms with E-state index in [0.717, 1.165) is 19.4 Å². The second-order valence-electron chi connectivity index (χ2n) is 5.43. The first-order valence-corrected chi connectivity index (χ1v) is 7.54. The lowest BCUT2D eigenvalue weighted by molar-refractivity contribution is 0.0952. The van der Waals surface area contributed by atoms with Crippen LogP contribution >= 0.6 is 0 Å². The van der Waals surface area contributed by atoms with Crippen LogP contribution in [0, 0.1) is 11.3 Å². The Bertz CT molecular complexity index is 727. The third-order valence-corrected chi connectivity index (χ3v) is 3.86. The van der Waals surface area contributed by atoms with Crippen molar-refractivity contribution in [2.45, 2.75) is 25.5 Å². The molecule has 2 heterocycles. The van der Waals surface area contributed by atoms with E-state index >= 15 is 0 Å². The van der Waals surface area contributed by atoms with Gasteiger partial charge in [0.1, 0.15) is 23.3 Å². The second kappa shape index (κ2) is 6.63. The van der Waals surface area contributed by atoms with E-state index in [9.17, 15) is 5.26 Å². The van der Waals surface area contributed by atoms with Gasteiger partial charge in [0.25, 0.3) is 0 Å². The Morgan fingerprint density at radius 2 is 2.22 bits per heavy atom. The molecule has 23 heavy (non-hydrogen) atoms. The first-order valence-electron chi connectivity index (χ1n) is 7.54. The monoisotopic (exact) mass is 313 g/mol. The van der Waals surface area contributed by atoms with E-state index in [0.29, 0.717) is 35.3 Å². The molecule has 3 rings (SSSR count). The van der Waals surface area contributed by atoms with Gasteiger partial charge in [0.15, 0.2) is 0 Å². The van der Waals surface area contributed by atoms with Gasteiger partial charge in [-0.3, -0.25) is 4.57 Å². The molecule has 2 aromatic rings. The van der Waals surface area contributed by atoms with E-state index in [2.05, 4.69) is 6.07 Å². The number of benzene rings is 1. The van der Waals surface area contributed by atoms with Crippen molar-refractivity contribution in [3.8, 4) is 23.4 Å². The molecule has 2 N–H and O–H groups in total. The highest BCUT2D eigenvalue weighted by Crippen LogP contribution is 2.33. The zero-order chi connectivity index (χ0) is 16.2. The van der Waals surface area contributed by atoms with Gasteiger partial charge in [-0.1, -0.05) is 6.07 Å². The summed E-state index contributed by atoms with van der Waals surface area (Å²) in [7, 11) is 1.60. The standard InChI is InChI=1S/C17H19N3O3/c1-21-13-4-2-5-14(9-13)23-17-16(19)8-12(10-18)20(17)11-15-6-3-7-22-15/h2,4-5,8-9,15H,3,6-7,11,19H2,1H3.